The third kappa shape index (κ3) is 8.87. The van der Waals surface area contributed by atoms with Gasteiger partial charge in [-0.05, 0) is 43.5 Å². The lowest BCUT2D eigenvalue weighted by molar-refractivity contribution is -0.142. The average Bonchev–Trinajstić information content (AvgIpc) is 3.35. The van der Waals surface area contributed by atoms with Crippen LogP contribution in [0.2, 0.25) is 0 Å². The highest BCUT2D eigenvalue weighted by Gasteiger charge is 2.31. The van der Waals surface area contributed by atoms with Crippen molar-refractivity contribution < 1.29 is 39.3 Å². The zero-order valence-electron chi connectivity index (χ0n) is 19.0. The Bertz CT molecular complexity index is 917. The van der Waals surface area contributed by atoms with Gasteiger partial charge in [-0.15, -0.1) is 0 Å². The van der Waals surface area contributed by atoms with Crippen molar-refractivity contribution in [2.24, 2.45) is 5.73 Å². The second-order valence-electron chi connectivity index (χ2n) is 8.23. The molecule has 1 aliphatic rings. The Morgan fingerprint density at radius 3 is 2.17 bits per heavy atom. The Hall–Kier alpha value is -3.71. The van der Waals surface area contributed by atoms with Crippen LogP contribution >= 0.6 is 0 Å². The van der Waals surface area contributed by atoms with E-state index in [1.807, 2.05) is 0 Å². The van der Waals surface area contributed by atoms with E-state index in [9.17, 15) is 39.3 Å². The predicted octanol–water partition coefficient (Wildman–Crippen LogP) is -2.52. The predicted molar refractivity (Wildman–Crippen MR) is 122 cm³/mol. The van der Waals surface area contributed by atoms with Crippen LogP contribution < -0.4 is 27.0 Å². The van der Waals surface area contributed by atoms with Gasteiger partial charge in [-0.3, -0.25) is 19.2 Å². The van der Waals surface area contributed by atoms with Gasteiger partial charge < -0.3 is 42.3 Å². The van der Waals surface area contributed by atoms with E-state index >= 15 is 0 Å². The standard InChI is InChI=1S/C22H31N5O8/c23-18(30)8-7-15(25-21(33)17(11-28)27-19(31)14-2-1-9-24-14)20(32)26-16(22(34)35)10-12-3-5-13(29)6-4-12/h3-6,14-17,24,28-29H,1-2,7-11H2,(H2,23,30)(H,25,33)(H,26,32)(H,27,31)(H,34,35). The van der Waals surface area contributed by atoms with Gasteiger partial charge >= 0.3 is 5.97 Å². The third-order valence-corrected chi connectivity index (χ3v) is 5.50. The quantitative estimate of drug-likeness (QED) is 0.145. The summed E-state index contributed by atoms with van der Waals surface area (Å²) in [5, 5.41) is 38.6. The van der Waals surface area contributed by atoms with Crippen LogP contribution in [0.3, 0.4) is 0 Å². The number of amides is 4. The number of primary amides is 1. The molecule has 2 rings (SSSR count). The van der Waals surface area contributed by atoms with Crippen LogP contribution in [0.5, 0.6) is 5.75 Å². The number of nitrogens with two attached hydrogens (primary N) is 1. The van der Waals surface area contributed by atoms with Gasteiger partial charge in [0, 0.05) is 12.8 Å². The van der Waals surface area contributed by atoms with Crippen molar-refractivity contribution in [1.82, 2.24) is 21.3 Å². The SMILES string of the molecule is NC(=O)CCC(NC(=O)C(CO)NC(=O)C1CCCN1)C(=O)NC(Cc1ccc(O)cc1)C(=O)O. The van der Waals surface area contributed by atoms with Crippen molar-refractivity contribution in [2.45, 2.75) is 56.3 Å². The summed E-state index contributed by atoms with van der Waals surface area (Å²) in [5.74, 6) is -4.32. The summed E-state index contributed by atoms with van der Waals surface area (Å²) in [5.41, 5.74) is 5.68. The maximum atomic E-state index is 12.9. The number of aromatic hydroxyl groups is 1. The zero-order valence-corrected chi connectivity index (χ0v) is 19.0. The Labute approximate surface area is 201 Å². The third-order valence-electron chi connectivity index (χ3n) is 5.50. The van der Waals surface area contributed by atoms with Crippen molar-refractivity contribution in [3.63, 3.8) is 0 Å². The highest BCUT2D eigenvalue weighted by atomic mass is 16.4. The number of aliphatic hydroxyl groups is 1. The minimum atomic E-state index is -1.37. The smallest absolute Gasteiger partial charge is 0.326 e. The van der Waals surface area contributed by atoms with Crippen molar-refractivity contribution >= 4 is 29.6 Å². The number of nitrogens with one attached hydrogen (secondary N) is 4. The lowest BCUT2D eigenvalue weighted by Crippen LogP contribution is -2.58. The molecule has 192 valence electrons. The monoisotopic (exact) mass is 493 g/mol. The van der Waals surface area contributed by atoms with E-state index in [2.05, 4.69) is 21.3 Å². The maximum absolute atomic E-state index is 12.9. The Morgan fingerprint density at radius 2 is 1.63 bits per heavy atom. The van der Waals surface area contributed by atoms with Crippen molar-refractivity contribution in [3.05, 3.63) is 29.8 Å². The van der Waals surface area contributed by atoms with E-state index in [0.717, 1.165) is 6.42 Å². The molecule has 4 atom stereocenters. The molecular weight excluding hydrogens is 462 g/mol. The molecule has 0 radical (unpaired) electrons. The van der Waals surface area contributed by atoms with Gasteiger partial charge in [0.2, 0.25) is 23.6 Å². The Kier molecular flexibility index (Phi) is 10.4. The molecule has 0 aliphatic carbocycles. The van der Waals surface area contributed by atoms with Gasteiger partial charge in [0.05, 0.1) is 12.6 Å². The molecule has 0 aromatic heterocycles. The van der Waals surface area contributed by atoms with Gasteiger partial charge in [-0.25, -0.2) is 4.79 Å². The van der Waals surface area contributed by atoms with E-state index in [1.54, 1.807) is 0 Å². The van der Waals surface area contributed by atoms with Gasteiger partial charge in [-0.1, -0.05) is 12.1 Å². The number of phenols is 1. The number of carboxylic acid groups (broad SMARTS) is 1. The van der Waals surface area contributed by atoms with Gasteiger partial charge in [0.1, 0.15) is 23.9 Å². The second kappa shape index (κ2) is 13.2. The zero-order chi connectivity index (χ0) is 26.0. The summed E-state index contributed by atoms with van der Waals surface area (Å²) < 4.78 is 0. The first-order chi connectivity index (χ1) is 16.6. The Balaban J connectivity index is 2.07. The van der Waals surface area contributed by atoms with Crippen LogP contribution in [-0.4, -0.2) is 82.2 Å². The molecule has 1 heterocycles. The molecule has 0 saturated carbocycles. The molecule has 0 bridgehead atoms. The number of carboxylic acids is 1. The van der Waals surface area contributed by atoms with E-state index in [0.29, 0.717) is 18.5 Å². The summed E-state index contributed by atoms with van der Waals surface area (Å²) in [6.07, 6.45) is 0.748. The second-order valence-corrected chi connectivity index (χ2v) is 8.23. The Morgan fingerprint density at radius 1 is 1.00 bits per heavy atom. The molecule has 4 unspecified atom stereocenters. The first-order valence-electron chi connectivity index (χ1n) is 11.1. The van der Waals surface area contributed by atoms with Gasteiger partial charge in [0.25, 0.3) is 0 Å². The van der Waals surface area contributed by atoms with Crippen LogP contribution in [0, 0.1) is 0 Å². The normalized spacial score (nSPS) is 17.6. The van der Waals surface area contributed by atoms with E-state index in [-0.39, 0.29) is 25.0 Å². The molecule has 1 aromatic carbocycles. The van der Waals surface area contributed by atoms with Crippen LogP contribution in [0.15, 0.2) is 24.3 Å². The summed E-state index contributed by atoms with van der Waals surface area (Å²) >= 11 is 0. The molecule has 13 heteroatoms. The number of aliphatic carboxylic acids is 1. The van der Waals surface area contributed by atoms with E-state index in [4.69, 9.17) is 5.73 Å². The fraction of sp³-hybridized carbons (Fsp3) is 0.500. The highest BCUT2D eigenvalue weighted by Crippen LogP contribution is 2.12. The lowest BCUT2D eigenvalue weighted by Gasteiger charge is -2.24. The molecule has 1 saturated heterocycles. The minimum Gasteiger partial charge on any atom is -0.508 e. The molecule has 9 N–H and O–H groups in total. The van der Waals surface area contributed by atoms with Gasteiger partial charge in [0.15, 0.2) is 0 Å². The first-order valence-corrected chi connectivity index (χ1v) is 11.1. The summed E-state index contributed by atoms with van der Waals surface area (Å²) in [7, 11) is 0. The largest absolute Gasteiger partial charge is 0.508 e. The molecule has 1 aliphatic heterocycles. The minimum absolute atomic E-state index is 0.00636. The first kappa shape index (κ1) is 27.5. The molecule has 0 spiro atoms. The molecule has 1 aromatic rings. The number of carbonyl (C=O) groups is 5. The number of benzene rings is 1. The summed E-state index contributed by atoms with van der Waals surface area (Å²) in [4.78, 5) is 60.8. The fourth-order valence-electron chi connectivity index (χ4n) is 3.54. The molecular formula is C22H31N5O8. The molecule has 1 fully saturated rings. The van der Waals surface area contributed by atoms with Crippen molar-refractivity contribution in [3.8, 4) is 5.75 Å². The summed E-state index contributed by atoms with van der Waals surface area (Å²) in [6.45, 7) is -0.0919. The van der Waals surface area contributed by atoms with Crippen molar-refractivity contribution in [2.75, 3.05) is 13.2 Å². The lowest BCUT2D eigenvalue weighted by atomic mass is 10.0. The van der Waals surface area contributed by atoms with Crippen molar-refractivity contribution in [1.29, 1.82) is 0 Å². The van der Waals surface area contributed by atoms with Crippen LogP contribution in [0.1, 0.15) is 31.2 Å². The van der Waals surface area contributed by atoms with E-state index < -0.39 is 60.4 Å². The van der Waals surface area contributed by atoms with Crippen LogP contribution in [0.4, 0.5) is 0 Å². The number of aliphatic hydroxyl groups excluding tert-OH is 1. The molecule has 13 nitrogen and oxygen atoms in total. The number of phenolic OH excluding ortho intramolecular Hbond substituents is 1. The number of carbonyl (C=O) groups excluding carboxylic acids is 4. The number of hydrogen-bond acceptors (Lipinski definition) is 8. The number of rotatable bonds is 13. The van der Waals surface area contributed by atoms with Crippen LogP contribution in [-0.2, 0) is 30.4 Å². The van der Waals surface area contributed by atoms with Gasteiger partial charge in [-0.2, -0.15) is 0 Å². The van der Waals surface area contributed by atoms with E-state index in [1.165, 1.54) is 24.3 Å². The topological polar surface area (TPSA) is 220 Å². The summed E-state index contributed by atoms with van der Waals surface area (Å²) in [6, 6.07) is 1.15. The molecule has 4 amide bonds. The molecule has 35 heavy (non-hydrogen) atoms. The van der Waals surface area contributed by atoms with Crippen LogP contribution in [0.25, 0.3) is 0 Å². The highest BCUT2D eigenvalue weighted by molar-refractivity contribution is 5.94. The fourth-order valence-corrected chi connectivity index (χ4v) is 3.54. The number of hydrogen-bond donors (Lipinski definition) is 8. The average molecular weight is 494 g/mol. The maximum Gasteiger partial charge on any atom is 0.326 e.